The molecule has 0 aliphatic rings. The van der Waals surface area contributed by atoms with Crippen LogP contribution in [-0.4, -0.2) is 11.8 Å². The zero-order valence-corrected chi connectivity index (χ0v) is 16.0. The SMILES string of the molecule is Cc1cc(C(=O)NCc2ccc(CN)cc2)ccc1NC(=O)c1cccc(F)c1. The quantitative estimate of drug-likeness (QED) is 0.598. The van der Waals surface area contributed by atoms with E-state index >= 15 is 0 Å². The van der Waals surface area contributed by atoms with Gasteiger partial charge in [-0.25, -0.2) is 4.39 Å². The maximum atomic E-state index is 13.3. The van der Waals surface area contributed by atoms with E-state index in [0.29, 0.717) is 24.3 Å². The molecule has 148 valence electrons. The zero-order valence-electron chi connectivity index (χ0n) is 16.0. The van der Waals surface area contributed by atoms with Gasteiger partial charge in [0.2, 0.25) is 0 Å². The molecule has 0 atom stereocenters. The van der Waals surface area contributed by atoms with Gasteiger partial charge in [0.25, 0.3) is 11.8 Å². The van der Waals surface area contributed by atoms with E-state index in [9.17, 15) is 14.0 Å². The molecule has 0 radical (unpaired) electrons. The van der Waals surface area contributed by atoms with E-state index in [1.807, 2.05) is 24.3 Å². The number of nitrogens with one attached hydrogen (secondary N) is 2. The number of hydrogen-bond acceptors (Lipinski definition) is 3. The summed E-state index contributed by atoms with van der Waals surface area (Å²) in [6.45, 7) is 2.68. The van der Waals surface area contributed by atoms with Gasteiger partial charge in [-0.2, -0.15) is 0 Å². The second-order valence-electron chi connectivity index (χ2n) is 6.70. The molecule has 0 saturated heterocycles. The van der Waals surface area contributed by atoms with Crippen LogP contribution in [0.4, 0.5) is 10.1 Å². The molecule has 4 N–H and O–H groups in total. The Hall–Kier alpha value is -3.51. The lowest BCUT2D eigenvalue weighted by atomic mass is 10.1. The molecule has 2 amide bonds. The molecule has 3 aromatic rings. The Kier molecular flexibility index (Phi) is 6.36. The minimum absolute atomic E-state index is 0.209. The summed E-state index contributed by atoms with van der Waals surface area (Å²) in [4.78, 5) is 24.7. The topological polar surface area (TPSA) is 84.2 Å². The number of aryl methyl sites for hydroxylation is 1. The van der Waals surface area contributed by atoms with Crippen LogP contribution in [0, 0.1) is 12.7 Å². The molecule has 6 heteroatoms. The maximum Gasteiger partial charge on any atom is 0.255 e. The number of carbonyl (C=O) groups is 2. The number of amides is 2. The lowest BCUT2D eigenvalue weighted by molar-refractivity contribution is 0.0950. The molecule has 3 rings (SSSR count). The summed E-state index contributed by atoms with van der Waals surface area (Å²) in [5.74, 6) is -1.09. The summed E-state index contributed by atoms with van der Waals surface area (Å²) in [5, 5.41) is 5.61. The lowest BCUT2D eigenvalue weighted by Crippen LogP contribution is -2.23. The Labute approximate surface area is 168 Å². The number of carbonyl (C=O) groups excluding carboxylic acids is 2. The third-order valence-electron chi connectivity index (χ3n) is 4.54. The Morgan fingerprint density at radius 2 is 1.59 bits per heavy atom. The second-order valence-corrected chi connectivity index (χ2v) is 6.70. The first-order valence-corrected chi connectivity index (χ1v) is 9.20. The summed E-state index contributed by atoms with van der Waals surface area (Å²) in [6, 6.07) is 18.2. The van der Waals surface area contributed by atoms with Crippen LogP contribution in [0.25, 0.3) is 0 Å². The van der Waals surface area contributed by atoms with E-state index < -0.39 is 11.7 Å². The van der Waals surface area contributed by atoms with Crippen molar-refractivity contribution in [1.29, 1.82) is 0 Å². The molecule has 3 aromatic carbocycles. The molecule has 0 aliphatic heterocycles. The van der Waals surface area contributed by atoms with Gasteiger partial charge in [-0.1, -0.05) is 30.3 Å². The van der Waals surface area contributed by atoms with Crippen molar-refractivity contribution in [3.63, 3.8) is 0 Å². The van der Waals surface area contributed by atoms with Crippen molar-refractivity contribution in [2.45, 2.75) is 20.0 Å². The Morgan fingerprint density at radius 1 is 0.897 bits per heavy atom. The zero-order chi connectivity index (χ0) is 20.8. The van der Waals surface area contributed by atoms with Crippen molar-refractivity contribution in [2.24, 2.45) is 5.73 Å². The van der Waals surface area contributed by atoms with Crippen molar-refractivity contribution in [3.8, 4) is 0 Å². The van der Waals surface area contributed by atoms with Crippen LogP contribution in [-0.2, 0) is 13.1 Å². The van der Waals surface area contributed by atoms with Crippen LogP contribution in [0.2, 0.25) is 0 Å². The van der Waals surface area contributed by atoms with Crippen LogP contribution in [0.1, 0.15) is 37.4 Å². The van der Waals surface area contributed by atoms with Crippen molar-refractivity contribution in [1.82, 2.24) is 5.32 Å². The third-order valence-corrected chi connectivity index (χ3v) is 4.54. The first kappa shape index (κ1) is 20.2. The smallest absolute Gasteiger partial charge is 0.255 e. The highest BCUT2D eigenvalue weighted by atomic mass is 19.1. The predicted molar refractivity (Wildman–Crippen MR) is 111 cm³/mol. The first-order valence-electron chi connectivity index (χ1n) is 9.20. The van der Waals surface area contributed by atoms with E-state index in [1.54, 1.807) is 25.1 Å². The van der Waals surface area contributed by atoms with Crippen LogP contribution < -0.4 is 16.4 Å². The Morgan fingerprint density at radius 3 is 2.24 bits per heavy atom. The Balaban J connectivity index is 1.63. The van der Waals surface area contributed by atoms with Crippen LogP contribution in [0.3, 0.4) is 0 Å². The molecule has 5 nitrogen and oxygen atoms in total. The summed E-state index contributed by atoms with van der Waals surface area (Å²) in [5.41, 5.74) is 9.61. The summed E-state index contributed by atoms with van der Waals surface area (Å²) in [6.07, 6.45) is 0. The van der Waals surface area contributed by atoms with Crippen molar-refractivity contribution in [3.05, 3.63) is 100 Å². The molecule has 29 heavy (non-hydrogen) atoms. The third kappa shape index (κ3) is 5.27. The summed E-state index contributed by atoms with van der Waals surface area (Å²) < 4.78 is 13.3. The predicted octanol–water partition coefficient (Wildman–Crippen LogP) is 3.78. The van der Waals surface area contributed by atoms with Gasteiger partial charge < -0.3 is 16.4 Å². The number of anilines is 1. The number of halogens is 1. The van der Waals surface area contributed by atoms with E-state index in [-0.39, 0.29) is 11.5 Å². The second kappa shape index (κ2) is 9.12. The molecule has 0 fully saturated rings. The number of rotatable bonds is 6. The lowest BCUT2D eigenvalue weighted by Gasteiger charge is -2.11. The van der Waals surface area contributed by atoms with Crippen LogP contribution >= 0.6 is 0 Å². The fourth-order valence-electron chi connectivity index (χ4n) is 2.85. The molecule has 0 bridgehead atoms. The molecule has 0 aromatic heterocycles. The Bertz CT molecular complexity index is 1030. The fourth-order valence-corrected chi connectivity index (χ4v) is 2.85. The molecule has 0 aliphatic carbocycles. The average Bonchev–Trinajstić information content (AvgIpc) is 2.73. The van der Waals surface area contributed by atoms with Gasteiger partial charge >= 0.3 is 0 Å². The highest BCUT2D eigenvalue weighted by molar-refractivity contribution is 6.05. The first-order chi connectivity index (χ1) is 14.0. The van der Waals surface area contributed by atoms with Gasteiger partial charge in [0.05, 0.1) is 0 Å². The highest BCUT2D eigenvalue weighted by Gasteiger charge is 2.11. The number of nitrogens with two attached hydrogens (primary N) is 1. The largest absolute Gasteiger partial charge is 0.348 e. The standard InChI is InChI=1S/C23H22FN3O2/c1-15-11-19(22(28)26-14-17-7-5-16(13-25)6-8-17)9-10-21(15)27-23(29)18-3-2-4-20(24)12-18/h2-12H,13-14,25H2,1H3,(H,26,28)(H,27,29). The van der Waals surface area contributed by atoms with Gasteiger partial charge in [-0.15, -0.1) is 0 Å². The molecule has 0 spiro atoms. The van der Waals surface area contributed by atoms with E-state index in [4.69, 9.17) is 5.73 Å². The minimum Gasteiger partial charge on any atom is -0.348 e. The minimum atomic E-state index is -0.473. The van der Waals surface area contributed by atoms with Crippen molar-refractivity contribution >= 4 is 17.5 Å². The van der Waals surface area contributed by atoms with Gasteiger partial charge in [0, 0.05) is 29.9 Å². The average molecular weight is 391 g/mol. The van der Waals surface area contributed by atoms with Gasteiger partial charge in [0.1, 0.15) is 5.82 Å². The number of hydrogen-bond donors (Lipinski definition) is 3. The monoisotopic (exact) mass is 391 g/mol. The summed E-state index contributed by atoms with van der Waals surface area (Å²) >= 11 is 0. The molecule has 0 heterocycles. The van der Waals surface area contributed by atoms with Crippen molar-refractivity contribution in [2.75, 3.05) is 5.32 Å². The maximum absolute atomic E-state index is 13.3. The van der Waals surface area contributed by atoms with Crippen molar-refractivity contribution < 1.29 is 14.0 Å². The number of benzene rings is 3. The summed E-state index contributed by atoms with van der Waals surface area (Å²) in [7, 11) is 0. The highest BCUT2D eigenvalue weighted by Crippen LogP contribution is 2.18. The van der Waals surface area contributed by atoms with Gasteiger partial charge in [-0.3, -0.25) is 9.59 Å². The molecule has 0 saturated carbocycles. The van der Waals surface area contributed by atoms with E-state index in [2.05, 4.69) is 10.6 Å². The van der Waals surface area contributed by atoms with Gasteiger partial charge in [-0.05, 0) is 60.0 Å². The molecule has 0 unspecified atom stereocenters. The molecular weight excluding hydrogens is 369 g/mol. The van der Waals surface area contributed by atoms with E-state index in [0.717, 1.165) is 16.7 Å². The van der Waals surface area contributed by atoms with Crippen LogP contribution in [0.15, 0.2) is 66.7 Å². The van der Waals surface area contributed by atoms with Crippen LogP contribution in [0.5, 0.6) is 0 Å². The normalized spacial score (nSPS) is 10.4. The molecular formula is C23H22FN3O2. The van der Waals surface area contributed by atoms with Gasteiger partial charge in [0.15, 0.2) is 0 Å². The van der Waals surface area contributed by atoms with E-state index in [1.165, 1.54) is 24.3 Å². The fraction of sp³-hybridized carbons (Fsp3) is 0.130.